The van der Waals surface area contributed by atoms with Gasteiger partial charge < -0.3 is 9.63 Å². The molecule has 0 unspecified atom stereocenters. The van der Waals surface area contributed by atoms with Crippen molar-refractivity contribution in [3.05, 3.63) is 43.4 Å². The lowest BCUT2D eigenvalue weighted by molar-refractivity contribution is 0.0694. The first kappa shape index (κ1) is 13.5. The van der Waals surface area contributed by atoms with Gasteiger partial charge in [-0.25, -0.2) is 4.79 Å². The van der Waals surface area contributed by atoms with E-state index in [4.69, 9.17) is 9.63 Å². The number of carboxylic acids is 1. The number of halogens is 1. The van der Waals surface area contributed by atoms with Gasteiger partial charge in [-0.05, 0) is 36.7 Å². The van der Waals surface area contributed by atoms with Crippen molar-refractivity contribution in [3.8, 4) is 5.88 Å². The fourth-order valence-corrected chi connectivity index (χ4v) is 2.07. The highest BCUT2D eigenvalue weighted by Gasteiger charge is 2.19. The van der Waals surface area contributed by atoms with Crippen LogP contribution in [-0.2, 0) is 0 Å². The van der Waals surface area contributed by atoms with Crippen molar-refractivity contribution in [2.75, 3.05) is 0 Å². The second-order valence-corrected chi connectivity index (χ2v) is 4.94. The smallest absolute Gasteiger partial charge is 0.341 e. The maximum atomic E-state index is 11.8. The van der Waals surface area contributed by atoms with E-state index in [-0.39, 0.29) is 10.0 Å². The van der Waals surface area contributed by atoms with Gasteiger partial charge in [-0.15, -0.1) is 0 Å². The van der Waals surface area contributed by atoms with Crippen molar-refractivity contribution in [1.82, 2.24) is 9.72 Å². The van der Waals surface area contributed by atoms with E-state index in [9.17, 15) is 9.59 Å². The van der Waals surface area contributed by atoms with Crippen LogP contribution >= 0.6 is 15.9 Å². The standard InChI is InChI=1S/C12H11BrN2O4/c1-5-6(2)14-19-11(5)15-4-8(12(17)18)10(16)9(13)7(15)3/h4H,1-3H3,(H,17,18). The van der Waals surface area contributed by atoms with E-state index in [1.54, 1.807) is 13.8 Å². The van der Waals surface area contributed by atoms with Gasteiger partial charge >= 0.3 is 5.97 Å². The van der Waals surface area contributed by atoms with Gasteiger partial charge in [0, 0.05) is 17.5 Å². The molecule has 2 heterocycles. The molecule has 0 aliphatic heterocycles. The van der Waals surface area contributed by atoms with Crippen LogP contribution in [0.25, 0.3) is 5.88 Å². The van der Waals surface area contributed by atoms with Gasteiger partial charge in [-0.3, -0.25) is 9.36 Å². The Morgan fingerprint density at radius 2 is 2.05 bits per heavy atom. The first-order valence-corrected chi connectivity index (χ1v) is 6.22. The Morgan fingerprint density at radius 1 is 1.42 bits per heavy atom. The van der Waals surface area contributed by atoms with E-state index in [1.807, 2.05) is 6.92 Å². The predicted octanol–water partition coefficient (Wildman–Crippen LogP) is 2.21. The minimum Gasteiger partial charge on any atom is -0.477 e. The molecule has 0 radical (unpaired) electrons. The van der Waals surface area contributed by atoms with Crippen molar-refractivity contribution in [2.45, 2.75) is 20.8 Å². The quantitative estimate of drug-likeness (QED) is 0.914. The molecule has 100 valence electrons. The third-order valence-electron chi connectivity index (χ3n) is 2.96. The Kier molecular flexibility index (Phi) is 3.32. The van der Waals surface area contributed by atoms with E-state index < -0.39 is 11.4 Å². The van der Waals surface area contributed by atoms with E-state index in [2.05, 4.69) is 21.1 Å². The normalized spacial score (nSPS) is 10.7. The Morgan fingerprint density at radius 3 is 2.53 bits per heavy atom. The third kappa shape index (κ3) is 2.10. The van der Waals surface area contributed by atoms with Gasteiger partial charge in [0.2, 0.25) is 11.3 Å². The highest BCUT2D eigenvalue weighted by Crippen LogP contribution is 2.22. The summed E-state index contributed by atoms with van der Waals surface area (Å²) in [6.45, 7) is 5.29. The highest BCUT2D eigenvalue weighted by atomic mass is 79.9. The number of rotatable bonds is 2. The maximum Gasteiger partial charge on any atom is 0.341 e. The molecule has 19 heavy (non-hydrogen) atoms. The van der Waals surface area contributed by atoms with Crippen molar-refractivity contribution in [1.29, 1.82) is 0 Å². The molecule has 0 atom stereocenters. The summed E-state index contributed by atoms with van der Waals surface area (Å²) in [5.74, 6) is -0.883. The number of carboxylic acid groups (broad SMARTS) is 1. The second kappa shape index (κ2) is 4.65. The summed E-state index contributed by atoms with van der Waals surface area (Å²) < 4.78 is 6.89. The van der Waals surface area contributed by atoms with Crippen molar-refractivity contribution < 1.29 is 14.4 Å². The van der Waals surface area contributed by atoms with Crippen LogP contribution in [0.15, 0.2) is 20.0 Å². The summed E-state index contributed by atoms with van der Waals surface area (Å²) in [5.41, 5.74) is 1.16. The van der Waals surface area contributed by atoms with Crippen LogP contribution in [0.4, 0.5) is 0 Å². The van der Waals surface area contributed by atoms with E-state index in [0.29, 0.717) is 17.3 Å². The van der Waals surface area contributed by atoms with Crippen molar-refractivity contribution in [2.24, 2.45) is 0 Å². The Labute approximate surface area is 116 Å². The van der Waals surface area contributed by atoms with E-state index in [1.165, 1.54) is 10.8 Å². The molecule has 0 aromatic carbocycles. The number of hydrogen-bond donors (Lipinski definition) is 1. The zero-order valence-electron chi connectivity index (χ0n) is 10.5. The van der Waals surface area contributed by atoms with Gasteiger partial charge in [0.05, 0.1) is 10.2 Å². The fraction of sp³-hybridized carbons (Fsp3) is 0.250. The molecule has 2 aromatic rings. The SMILES string of the molecule is Cc1noc(-n2cc(C(=O)O)c(=O)c(Br)c2C)c1C. The molecule has 0 bridgehead atoms. The monoisotopic (exact) mass is 326 g/mol. The van der Waals surface area contributed by atoms with Gasteiger partial charge in [0.15, 0.2) is 0 Å². The number of hydrogen-bond acceptors (Lipinski definition) is 4. The second-order valence-electron chi connectivity index (χ2n) is 4.14. The minimum absolute atomic E-state index is 0.195. The number of nitrogens with zero attached hydrogens (tertiary/aromatic N) is 2. The first-order chi connectivity index (χ1) is 8.84. The topological polar surface area (TPSA) is 85.3 Å². The lowest BCUT2D eigenvalue weighted by atomic mass is 10.2. The Balaban J connectivity index is 2.81. The lowest BCUT2D eigenvalue weighted by Crippen LogP contribution is -2.20. The van der Waals surface area contributed by atoms with Crippen molar-refractivity contribution >= 4 is 21.9 Å². The summed E-state index contributed by atoms with van der Waals surface area (Å²) in [7, 11) is 0. The molecule has 6 nitrogen and oxygen atoms in total. The fourth-order valence-electron chi connectivity index (χ4n) is 1.66. The lowest BCUT2D eigenvalue weighted by Gasteiger charge is -2.10. The maximum absolute atomic E-state index is 11.8. The van der Waals surface area contributed by atoms with Crippen molar-refractivity contribution in [3.63, 3.8) is 0 Å². The van der Waals surface area contributed by atoms with Crippen LogP contribution in [0.1, 0.15) is 27.3 Å². The van der Waals surface area contributed by atoms with E-state index >= 15 is 0 Å². The molecule has 0 fully saturated rings. The van der Waals surface area contributed by atoms with E-state index in [0.717, 1.165) is 5.56 Å². The van der Waals surface area contributed by atoms with Crippen LogP contribution in [-0.4, -0.2) is 20.8 Å². The van der Waals surface area contributed by atoms with Gasteiger partial charge in [0.1, 0.15) is 5.56 Å². The molecular formula is C12H11BrN2O4. The van der Waals surface area contributed by atoms with Gasteiger partial charge in [0.25, 0.3) is 0 Å². The number of carbonyl (C=O) groups is 1. The van der Waals surface area contributed by atoms with Crippen LogP contribution in [0, 0.1) is 20.8 Å². The zero-order valence-corrected chi connectivity index (χ0v) is 12.1. The molecular weight excluding hydrogens is 316 g/mol. The average molecular weight is 327 g/mol. The predicted molar refractivity (Wildman–Crippen MR) is 71.0 cm³/mol. The highest BCUT2D eigenvalue weighted by molar-refractivity contribution is 9.10. The molecule has 0 spiro atoms. The first-order valence-electron chi connectivity index (χ1n) is 5.43. The molecule has 0 saturated carbocycles. The average Bonchev–Trinajstić information content (AvgIpc) is 2.68. The summed E-state index contributed by atoms with van der Waals surface area (Å²) >= 11 is 3.12. The number of aromatic carboxylic acids is 1. The minimum atomic E-state index is -1.28. The summed E-state index contributed by atoms with van der Waals surface area (Å²) in [4.78, 5) is 22.9. The summed E-state index contributed by atoms with van der Waals surface area (Å²) in [6, 6.07) is 0. The Hall–Kier alpha value is -1.89. The Bertz CT molecular complexity index is 730. The molecule has 0 saturated heterocycles. The molecule has 2 aromatic heterocycles. The van der Waals surface area contributed by atoms with Gasteiger partial charge in [-0.2, -0.15) is 0 Å². The molecule has 0 aliphatic carbocycles. The number of aryl methyl sites for hydroxylation is 1. The van der Waals surface area contributed by atoms with Gasteiger partial charge in [-0.1, -0.05) is 5.16 Å². The number of pyridine rings is 1. The molecule has 7 heteroatoms. The van der Waals surface area contributed by atoms with Crippen LogP contribution in [0.3, 0.4) is 0 Å². The van der Waals surface area contributed by atoms with Crippen LogP contribution < -0.4 is 5.43 Å². The number of aromatic nitrogens is 2. The molecule has 1 N–H and O–H groups in total. The largest absolute Gasteiger partial charge is 0.477 e. The molecule has 2 rings (SSSR count). The third-order valence-corrected chi connectivity index (χ3v) is 3.90. The molecule has 0 amide bonds. The molecule has 0 aliphatic rings. The van der Waals surface area contributed by atoms with Crippen LogP contribution in [0.5, 0.6) is 0 Å². The summed E-state index contributed by atoms with van der Waals surface area (Å²) in [5, 5.41) is 12.9. The van der Waals surface area contributed by atoms with Crippen LogP contribution in [0.2, 0.25) is 0 Å². The summed E-state index contributed by atoms with van der Waals surface area (Å²) in [6.07, 6.45) is 1.25. The zero-order chi connectivity index (χ0) is 14.3.